The maximum absolute atomic E-state index is 12.1. The van der Waals surface area contributed by atoms with Gasteiger partial charge in [0.1, 0.15) is 5.75 Å². The third-order valence-electron chi connectivity index (χ3n) is 3.45. The third-order valence-corrected chi connectivity index (χ3v) is 4.77. The van der Waals surface area contributed by atoms with Crippen LogP contribution in [-0.4, -0.2) is 34.7 Å². The normalized spacial score (nSPS) is 11.1. The van der Waals surface area contributed by atoms with Crippen LogP contribution in [0.1, 0.15) is 11.1 Å². The number of carbonyl (C=O) groups is 1. The van der Waals surface area contributed by atoms with E-state index in [1.165, 1.54) is 19.2 Å². The number of hydrogen-bond acceptors (Lipinski definition) is 6. The lowest BCUT2D eigenvalue weighted by Gasteiger charge is -2.08. The Morgan fingerprint density at radius 2 is 1.64 bits per heavy atom. The van der Waals surface area contributed by atoms with Gasteiger partial charge in [0.05, 0.1) is 18.6 Å². The number of benzene rings is 2. The van der Waals surface area contributed by atoms with Crippen LogP contribution in [0, 0.1) is 6.92 Å². The molecule has 0 aliphatic rings. The standard InChI is InChI=1S/C18H20O6S/c1-14-3-9-17(10-4-14)25(20,21)24-12-11-15-5-7-16(8-6-15)23-13-18(19)22-2/h3-10H,11-13H2,1-2H3. The summed E-state index contributed by atoms with van der Waals surface area (Å²) in [5, 5.41) is 0. The first kappa shape index (κ1) is 19.0. The van der Waals surface area contributed by atoms with Crippen LogP contribution >= 0.6 is 0 Å². The Bertz CT molecular complexity index is 794. The van der Waals surface area contributed by atoms with Crippen LogP contribution in [-0.2, 0) is 30.3 Å². The number of aryl methyl sites for hydroxylation is 1. The molecule has 134 valence electrons. The number of esters is 1. The summed E-state index contributed by atoms with van der Waals surface area (Å²) < 4.78 is 38.9. The van der Waals surface area contributed by atoms with Crippen LogP contribution in [0.4, 0.5) is 0 Å². The predicted molar refractivity (Wildman–Crippen MR) is 92.0 cm³/mol. The lowest BCUT2D eigenvalue weighted by molar-refractivity contribution is -0.142. The molecule has 0 aromatic heterocycles. The van der Waals surface area contributed by atoms with Gasteiger partial charge in [-0.1, -0.05) is 29.8 Å². The summed E-state index contributed by atoms with van der Waals surface area (Å²) in [5.74, 6) is 0.0705. The average Bonchev–Trinajstić information content (AvgIpc) is 2.61. The van der Waals surface area contributed by atoms with Crippen molar-refractivity contribution >= 4 is 16.1 Å². The van der Waals surface area contributed by atoms with Crippen LogP contribution in [0.5, 0.6) is 5.75 Å². The fourth-order valence-corrected chi connectivity index (χ4v) is 2.90. The van der Waals surface area contributed by atoms with Crippen molar-refractivity contribution in [2.24, 2.45) is 0 Å². The van der Waals surface area contributed by atoms with Crippen LogP contribution in [0.15, 0.2) is 53.4 Å². The van der Waals surface area contributed by atoms with Crippen molar-refractivity contribution in [3.63, 3.8) is 0 Å². The van der Waals surface area contributed by atoms with Gasteiger partial charge in [-0.25, -0.2) is 4.79 Å². The molecular weight excluding hydrogens is 344 g/mol. The van der Waals surface area contributed by atoms with Gasteiger partial charge in [-0.3, -0.25) is 4.18 Å². The lowest BCUT2D eigenvalue weighted by atomic mass is 10.1. The van der Waals surface area contributed by atoms with Crippen molar-refractivity contribution in [3.8, 4) is 5.75 Å². The van der Waals surface area contributed by atoms with Gasteiger partial charge in [0.2, 0.25) is 0 Å². The highest BCUT2D eigenvalue weighted by molar-refractivity contribution is 7.86. The Hall–Kier alpha value is -2.38. The van der Waals surface area contributed by atoms with Gasteiger partial charge in [0.25, 0.3) is 10.1 Å². The van der Waals surface area contributed by atoms with Gasteiger partial charge in [-0.2, -0.15) is 8.42 Å². The van der Waals surface area contributed by atoms with Crippen LogP contribution in [0.3, 0.4) is 0 Å². The van der Waals surface area contributed by atoms with Gasteiger partial charge in [-0.05, 0) is 43.2 Å². The number of hydrogen-bond donors (Lipinski definition) is 0. The van der Waals surface area contributed by atoms with Gasteiger partial charge in [0.15, 0.2) is 6.61 Å². The molecule has 2 rings (SSSR count). The van der Waals surface area contributed by atoms with Crippen molar-refractivity contribution in [2.75, 3.05) is 20.3 Å². The molecule has 6 nitrogen and oxygen atoms in total. The van der Waals surface area contributed by atoms with Crippen molar-refractivity contribution in [2.45, 2.75) is 18.2 Å². The molecule has 0 saturated heterocycles. The third kappa shape index (κ3) is 5.88. The summed E-state index contributed by atoms with van der Waals surface area (Å²) in [6, 6.07) is 13.5. The summed E-state index contributed by atoms with van der Waals surface area (Å²) in [7, 11) is -2.46. The molecule has 2 aromatic carbocycles. The predicted octanol–water partition coefficient (Wildman–Crippen LogP) is 2.49. The summed E-state index contributed by atoms with van der Waals surface area (Å²) in [4.78, 5) is 11.1. The first-order chi connectivity index (χ1) is 11.9. The quantitative estimate of drug-likeness (QED) is 0.529. The molecule has 0 N–H and O–H groups in total. The van der Waals surface area contributed by atoms with E-state index in [4.69, 9.17) is 8.92 Å². The van der Waals surface area contributed by atoms with Gasteiger partial charge >= 0.3 is 5.97 Å². The molecule has 0 radical (unpaired) electrons. The van der Waals surface area contributed by atoms with Gasteiger partial charge in [0, 0.05) is 0 Å². The zero-order valence-electron chi connectivity index (χ0n) is 14.1. The second kappa shape index (κ2) is 8.64. The SMILES string of the molecule is COC(=O)COc1ccc(CCOS(=O)(=O)c2ccc(C)cc2)cc1. The molecule has 0 spiro atoms. The van der Waals surface area contributed by atoms with Gasteiger partial charge < -0.3 is 9.47 Å². The fraction of sp³-hybridized carbons (Fsp3) is 0.278. The molecule has 0 amide bonds. The first-order valence-corrected chi connectivity index (χ1v) is 9.06. The monoisotopic (exact) mass is 364 g/mol. The molecule has 0 unspecified atom stereocenters. The van der Waals surface area contributed by atoms with Gasteiger partial charge in [-0.15, -0.1) is 0 Å². The smallest absolute Gasteiger partial charge is 0.343 e. The Kier molecular flexibility index (Phi) is 6.55. The number of methoxy groups -OCH3 is 1. The minimum absolute atomic E-state index is 0.0403. The molecule has 0 fully saturated rings. The van der Waals surface area contributed by atoms with Crippen LogP contribution < -0.4 is 4.74 Å². The van der Waals surface area contributed by atoms with E-state index in [9.17, 15) is 13.2 Å². The van der Waals surface area contributed by atoms with E-state index in [-0.39, 0.29) is 18.1 Å². The largest absolute Gasteiger partial charge is 0.482 e. The van der Waals surface area contributed by atoms with E-state index < -0.39 is 16.1 Å². The van der Waals surface area contributed by atoms with E-state index >= 15 is 0 Å². The number of carbonyl (C=O) groups excluding carboxylic acids is 1. The van der Waals surface area contributed by atoms with E-state index in [1.807, 2.05) is 6.92 Å². The van der Waals surface area contributed by atoms with Crippen molar-refractivity contribution in [3.05, 3.63) is 59.7 Å². The summed E-state index contributed by atoms with van der Waals surface area (Å²) >= 11 is 0. The van der Waals surface area contributed by atoms with E-state index in [2.05, 4.69) is 4.74 Å². The Morgan fingerprint density at radius 1 is 1.00 bits per heavy atom. The molecule has 0 saturated carbocycles. The van der Waals surface area contributed by atoms with Crippen molar-refractivity contribution < 1.29 is 26.9 Å². The molecule has 25 heavy (non-hydrogen) atoms. The van der Waals surface area contributed by atoms with Crippen molar-refractivity contribution in [1.29, 1.82) is 0 Å². The second-order valence-electron chi connectivity index (χ2n) is 5.35. The topological polar surface area (TPSA) is 78.9 Å². The number of ether oxygens (including phenoxy) is 2. The second-order valence-corrected chi connectivity index (χ2v) is 6.96. The maximum Gasteiger partial charge on any atom is 0.343 e. The molecule has 0 aliphatic heterocycles. The number of rotatable bonds is 8. The highest BCUT2D eigenvalue weighted by atomic mass is 32.2. The Balaban J connectivity index is 1.85. The summed E-state index contributed by atoms with van der Waals surface area (Å²) in [6.07, 6.45) is 0.433. The zero-order valence-corrected chi connectivity index (χ0v) is 14.9. The molecule has 0 atom stereocenters. The molecular formula is C18H20O6S. The first-order valence-electron chi connectivity index (χ1n) is 7.65. The molecule has 7 heteroatoms. The Labute approximate surface area is 147 Å². The van der Waals surface area contributed by atoms with E-state index in [0.717, 1.165) is 11.1 Å². The Morgan fingerprint density at radius 3 is 2.24 bits per heavy atom. The molecule has 2 aromatic rings. The van der Waals surface area contributed by atoms with Crippen LogP contribution in [0.2, 0.25) is 0 Å². The fourth-order valence-electron chi connectivity index (χ4n) is 2.00. The lowest BCUT2D eigenvalue weighted by Crippen LogP contribution is -2.12. The minimum Gasteiger partial charge on any atom is -0.482 e. The average molecular weight is 364 g/mol. The maximum atomic E-state index is 12.1. The zero-order chi connectivity index (χ0) is 18.3. The molecule has 0 heterocycles. The van der Waals surface area contributed by atoms with E-state index in [1.54, 1.807) is 36.4 Å². The highest BCUT2D eigenvalue weighted by Gasteiger charge is 2.14. The summed E-state index contributed by atoms with van der Waals surface area (Å²) in [6.45, 7) is 1.77. The highest BCUT2D eigenvalue weighted by Crippen LogP contribution is 2.15. The summed E-state index contributed by atoms with van der Waals surface area (Å²) in [5.41, 5.74) is 1.87. The minimum atomic E-state index is -3.75. The van der Waals surface area contributed by atoms with Crippen molar-refractivity contribution in [1.82, 2.24) is 0 Å². The van der Waals surface area contributed by atoms with Crippen LogP contribution in [0.25, 0.3) is 0 Å². The molecule has 0 bridgehead atoms. The molecule has 0 aliphatic carbocycles. The van der Waals surface area contributed by atoms with E-state index in [0.29, 0.717) is 12.2 Å².